The maximum atomic E-state index is 5.87. The van der Waals surface area contributed by atoms with E-state index in [1.807, 2.05) is 54.4 Å². The molecule has 2 aliphatic rings. The molecule has 2 fully saturated rings. The Morgan fingerprint density at radius 2 is 1.79 bits per heavy atom. The number of ether oxygens (including phenoxy) is 1. The van der Waals surface area contributed by atoms with Crippen molar-refractivity contribution in [2.75, 3.05) is 36.9 Å². The molecule has 29 heavy (non-hydrogen) atoms. The van der Waals surface area contributed by atoms with Crippen LogP contribution in [-0.4, -0.2) is 41.3 Å². The monoisotopic (exact) mass is 405 g/mol. The summed E-state index contributed by atoms with van der Waals surface area (Å²) in [4.78, 5) is 16.7. The predicted octanol–water partition coefficient (Wildman–Crippen LogP) is 3.74. The minimum atomic E-state index is -0.0269. The number of hydrogen-bond acceptors (Lipinski definition) is 7. The van der Waals surface area contributed by atoms with E-state index in [0.717, 1.165) is 72.8 Å². The molecule has 1 aromatic carbocycles. The Hall–Kier alpha value is -2.64. The molecule has 3 heterocycles. The fraction of sp³-hybridized carbons (Fsp3) is 0.318. The fourth-order valence-electron chi connectivity index (χ4n) is 3.52. The summed E-state index contributed by atoms with van der Waals surface area (Å²) >= 11 is 1.81. The van der Waals surface area contributed by atoms with Gasteiger partial charge in [0.2, 0.25) is 0 Å². The number of rotatable bonds is 5. The van der Waals surface area contributed by atoms with Gasteiger partial charge in [0.05, 0.1) is 28.7 Å². The van der Waals surface area contributed by atoms with Gasteiger partial charge < -0.3 is 15.4 Å². The van der Waals surface area contributed by atoms with E-state index in [1.165, 1.54) is 0 Å². The quantitative estimate of drug-likeness (QED) is 0.648. The van der Waals surface area contributed by atoms with E-state index >= 15 is 0 Å². The summed E-state index contributed by atoms with van der Waals surface area (Å²) in [7, 11) is 0. The van der Waals surface area contributed by atoms with Gasteiger partial charge >= 0.3 is 0 Å². The van der Waals surface area contributed by atoms with Gasteiger partial charge in [-0.3, -0.25) is 0 Å². The van der Waals surface area contributed by atoms with E-state index in [4.69, 9.17) is 20.4 Å². The minimum Gasteiger partial charge on any atom is -0.399 e. The van der Waals surface area contributed by atoms with Gasteiger partial charge in [-0.1, -0.05) is 17.8 Å². The second kappa shape index (κ2) is 7.65. The maximum absolute atomic E-state index is 5.87. The van der Waals surface area contributed by atoms with Gasteiger partial charge in [-0.05, 0) is 49.2 Å². The summed E-state index contributed by atoms with van der Waals surface area (Å²) < 4.78 is 5.50. The highest BCUT2D eigenvalue weighted by Crippen LogP contribution is 2.59. The third-order valence-corrected chi connectivity index (χ3v) is 6.78. The number of thioether (sulfide) groups is 1. The molecule has 0 bridgehead atoms. The average Bonchev–Trinajstić information content (AvgIpc) is 3.56. The maximum Gasteiger partial charge on any atom is 0.161 e. The zero-order valence-corrected chi connectivity index (χ0v) is 16.9. The van der Waals surface area contributed by atoms with E-state index in [0.29, 0.717) is 0 Å². The van der Waals surface area contributed by atoms with Crippen molar-refractivity contribution in [3.8, 4) is 11.4 Å². The van der Waals surface area contributed by atoms with Crippen LogP contribution in [0, 0.1) is 0 Å². The van der Waals surface area contributed by atoms with E-state index in [1.54, 1.807) is 0 Å². The molecule has 5 rings (SSSR count). The number of aromatic nitrogens is 3. The van der Waals surface area contributed by atoms with Gasteiger partial charge in [0, 0.05) is 36.6 Å². The van der Waals surface area contributed by atoms with Crippen molar-refractivity contribution in [2.45, 2.75) is 22.6 Å². The van der Waals surface area contributed by atoms with Gasteiger partial charge in [0.1, 0.15) is 5.82 Å². The molecule has 2 N–H and O–H groups in total. The number of nitrogen functional groups attached to an aromatic ring is 1. The van der Waals surface area contributed by atoms with Crippen molar-refractivity contribution < 1.29 is 4.74 Å². The van der Waals surface area contributed by atoms with E-state index in [-0.39, 0.29) is 4.75 Å². The largest absolute Gasteiger partial charge is 0.399 e. The molecule has 0 amide bonds. The molecule has 0 unspecified atom stereocenters. The van der Waals surface area contributed by atoms with Gasteiger partial charge in [0.25, 0.3) is 0 Å². The second-order valence-corrected chi connectivity index (χ2v) is 8.82. The Bertz CT molecular complexity index is 986. The number of pyridine rings is 1. The minimum absolute atomic E-state index is 0.0269. The smallest absolute Gasteiger partial charge is 0.161 e. The van der Waals surface area contributed by atoms with Crippen LogP contribution in [0.3, 0.4) is 0 Å². The molecule has 7 heteroatoms. The van der Waals surface area contributed by atoms with Gasteiger partial charge in [-0.25, -0.2) is 15.0 Å². The summed E-state index contributed by atoms with van der Waals surface area (Å²) in [5, 5.41) is 1.03. The third kappa shape index (κ3) is 3.93. The summed E-state index contributed by atoms with van der Waals surface area (Å²) in [6.07, 6.45) is 4.03. The number of nitrogens with zero attached hydrogens (tertiary/aromatic N) is 4. The highest BCUT2D eigenvalue weighted by atomic mass is 32.2. The van der Waals surface area contributed by atoms with Crippen LogP contribution < -0.4 is 10.6 Å². The van der Waals surface area contributed by atoms with Crippen molar-refractivity contribution in [2.24, 2.45) is 0 Å². The highest BCUT2D eigenvalue weighted by Gasteiger charge is 2.48. The normalized spacial score (nSPS) is 17.9. The summed E-state index contributed by atoms with van der Waals surface area (Å²) in [6, 6.07) is 16.0. The Morgan fingerprint density at radius 1 is 1.00 bits per heavy atom. The summed E-state index contributed by atoms with van der Waals surface area (Å²) in [6.45, 7) is 3.14. The van der Waals surface area contributed by atoms with Crippen molar-refractivity contribution in [3.05, 3.63) is 60.4 Å². The molecular weight excluding hydrogens is 382 g/mol. The molecule has 1 aliphatic carbocycles. The molecular formula is C22H23N5OS. The molecule has 1 saturated heterocycles. The molecule has 1 saturated carbocycles. The topological polar surface area (TPSA) is 77.2 Å². The van der Waals surface area contributed by atoms with Gasteiger partial charge in [-0.2, -0.15) is 0 Å². The van der Waals surface area contributed by atoms with Crippen LogP contribution in [-0.2, 0) is 9.48 Å². The van der Waals surface area contributed by atoms with Crippen LogP contribution >= 0.6 is 11.8 Å². The van der Waals surface area contributed by atoms with E-state index < -0.39 is 0 Å². The summed E-state index contributed by atoms with van der Waals surface area (Å²) in [5.41, 5.74) is 8.67. The van der Waals surface area contributed by atoms with Crippen molar-refractivity contribution in [1.82, 2.24) is 15.0 Å². The van der Waals surface area contributed by atoms with Crippen molar-refractivity contribution in [3.63, 3.8) is 0 Å². The number of hydrogen-bond donors (Lipinski definition) is 1. The lowest BCUT2D eigenvalue weighted by molar-refractivity contribution is 0.122. The second-order valence-electron chi connectivity index (χ2n) is 7.42. The molecule has 2 aromatic heterocycles. The molecule has 3 aromatic rings. The Kier molecular flexibility index (Phi) is 4.85. The molecule has 0 atom stereocenters. The standard InChI is InChI=1S/C22H23N5OS/c23-17-6-4-16(5-7-17)21-25-18(15-19(26-21)27-11-13-28-14-12-27)22(8-9-22)29-20-3-1-2-10-24-20/h1-7,10,15H,8-9,11-14,23H2. The SMILES string of the molecule is Nc1ccc(-c2nc(N3CCOCC3)cc(C3(Sc4ccccn4)CC3)n2)cc1. The number of benzene rings is 1. The number of morpholine rings is 1. The molecule has 1 aliphatic heterocycles. The van der Waals surface area contributed by atoms with E-state index in [9.17, 15) is 0 Å². The number of anilines is 2. The molecule has 0 spiro atoms. The lowest BCUT2D eigenvalue weighted by Crippen LogP contribution is -2.37. The molecule has 6 nitrogen and oxygen atoms in total. The Labute approximate surface area is 174 Å². The van der Waals surface area contributed by atoms with Crippen LogP contribution in [0.15, 0.2) is 59.8 Å². The Balaban J connectivity index is 1.55. The highest BCUT2D eigenvalue weighted by molar-refractivity contribution is 8.00. The van der Waals surface area contributed by atoms with Gasteiger partial charge in [0.15, 0.2) is 5.82 Å². The van der Waals surface area contributed by atoms with E-state index in [2.05, 4.69) is 22.0 Å². The van der Waals surface area contributed by atoms with Crippen LogP contribution in [0.25, 0.3) is 11.4 Å². The number of nitrogens with two attached hydrogens (primary N) is 1. The van der Waals surface area contributed by atoms with Crippen molar-refractivity contribution in [1.29, 1.82) is 0 Å². The molecule has 148 valence electrons. The fourth-order valence-corrected chi connectivity index (χ4v) is 4.69. The zero-order chi connectivity index (χ0) is 19.7. The lowest BCUT2D eigenvalue weighted by atomic mass is 10.1. The first kappa shape index (κ1) is 18.4. The van der Waals surface area contributed by atoms with Crippen LogP contribution in [0.4, 0.5) is 11.5 Å². The first-order valence-corrected chi connectivity index (χ1v) is 10.7. The van der Waals surface area contributed by atoms with Crippen LogP contribution in [0.1, 0.15) is 18.5 Å². The van der Waals surface area contributed by atoms with Crippen LogP contribution in [0.2, 0.25) is 0 Å². The first-order chi connectivity index (χ1) is 14.2. The lowest BCUT2D eigenvalue weighted by Gasteiger charge is -2.29. The predicted molar refractivity (Wildman–Crippen MR) is 116 cm³/mol. The summed E-state index contributed by atoms with van der Waals surface area (Å²) in [5.74, 6) is 1.72. The zero-order valence-electron chi connectivity index (χ0n) is 16.1. The first-order valence-electron chi connectivity index (χ1n) is 9.90. The third-order valence-electron chi connectivity index (χ3n) is 5.33. The van der Waals surface area contributed by atoms with Crippen molar-refractivity contribution >= 4 is 23.3 Å². The van der Waals surface area contributed by atoms with Gasteiger partial charge in [-0.15, -0.1) is 0 Å². The Morgan fingerprint density at radius 3 is 2.48 bits per heavy atom. The van der Waals surface area contributed by atoms with Crippen LogP contribution in [0.5, 0.6) is 0 Å². The average molecular weight is 406 g/mol. The molecule has 0 radical (unpaired) electrons.